The molecule has 28 heavy (non-hydrogen) atoms. The number of benzene rings is 1. The van der Waals surface area contributed by atoms with Gasteiger partial charge in [0.25, 0.3) is 5.91 Å². The number of carbonyl (C=O) groups excluding carboxylic acids is 1. The minimum Gasteiger partial charge on any atom is -0.351 e. The van der Waals surface area contributed by atoms with Crippen molar-refractivity contribution in [1.29, 1.82) is 0 Å². The molecule has 3 heterocycles. The molecule has 0 aliphatic heterocycles. The average Bonchev–Trinajstić information content (AvgIpc) is 3.36. The molecule has 8 heteroatoms. The predicted octanol–water partition coefficient (Wildman–Crippen LogP) is 2.81. The third-order valence-corrected chi connectivity index (χ3v) is 4.95. The van der Waals surface area contributed by atoms with Crippen molar-refractivity contribution in [1.82, 2.24) is 29.8 Å². The fourth-order valence-corrected chi connectivity index (χ4v) is 3.42. The van der Waals surface area contributed by atoms with Crippen molar-refractivity contribution in [3.8, 4) is 22.6 Å². The highest BCUT2D eigenvalue weighted by Crippen LogP contribution is 2.24. The number of carbonyl (C=O) groups is 1. The number of likely N-dealkylation sites (N-methyl/N-ethyl adjacent to an activating group) is 1. The highest BCUT2D eigenvalue weighted by molar-refractivity contribution is 7.07. The first kappa shape index (κ1) is 18.3. The van der Waals surface area contributed by atoms with Crippen LogP contribution in [0.1, 0.15) is 10.4 Å². The Hall–Kier alpha value is -3.10. The van der Waals surface area contributed by atoms with Crippen molar-refractivity contribution in [3.63, 3.8) is 0 Å². The Bertz CT molecular complexity index is 1100. The molecule has 1 aromatic carbocycles. The van der Waals surface area contributed by atoms with Crippen LogP contribution in [0, 0.1) is 0 Å². The molecule has 142 valence electrons. The van der Waals surface area contributed by atoms with E-state index in [0.717, 1.165) is 29.0 Å². The van der Waals surface area contributed by atoms with Crippen molar-refractivity contribution >= 4 is 22.9 Å². The largest absolute Gasteiger partial charge is 0.351 e. The Labute approximate surface area is 166 Å². The van der Waals surface area contributed by atoms with Crippen LogP contribution < -0.4 is 5.32 Å². The molecule has 4 aromatic rings. The zero-order valence-electron chi connectivity index (χ0n) is 15.7. The van der Waals surface area contributed by atoms with Crippen LogP contribution in [0.15, 0.2) is 53.5 Å². The van der Waals surface area contributed by atoms with Crippen LogP contribution in [-0.2, 0) is 0 Å². The Kier molecular flexibility index (Phi) is 5.14. The molecule has 0 spiro atoms. The number of nitrogens with one attached hydrogen (secondary N) is 1. The van der Waals surface area contributed by atoms with Gasteiger partial charge in [-0.2, -0.15) is 0 Å². The van der Waals surface area contributed by atoms with Gasteiger partial charge < -0.3 is 10.2 Å². The van der Waals surface area contributed by atoms with Gasteiger partial charge in [0.1, 0.15) is 5.69 Å². The van der Waals surface area contributed by atoms with Gasteiger partial charge in [-0.15, -0.1) is 21.5 Å². The summed E-state index contributed by atoms with van der Waals surface area (Å²) < 4.78 is 1.92. The van der Waals surface area contributed by atoms with Gasteiger partial charge in [-0.3, -0.25) is 9.20 Å². The van der Waals surface area contributed by atoms with E-state index in [-0.39, 0.29) is 5.91 Å². The molecule has 0 aliphatic rings. The second-order valence-electron chi connectivity index (χ2n) is 6.68. The van der Waals surface area contributed by atoms with Crippen LogP contribution in [0.5, 0.6) is 0 Å². The fourth-order valence-electron chi connectivity index (χ4n) is 2.89. The molecule has 7 nitrogen and oxygen atoms in total. The lowest BCUT2D eigenvalue weighted by molar-refractivity contribution is 0.0951. The van der Waals surface area contributed by atoms with E-state index in [2.05, 4.69) is 20.5 Å². The third-order valence-electron chi connectivity index (χ3n) is 4.37. The molecule has 0 saturated heterocycles. The summed E-state index contributed by atoms with van der Waals surface area (Å²) in [5, 5.41) is 13.4. The van der Waals surface area contributed by atoms with Gasteiger partial charge in [-0.05, 0) is 49.5 Å². The van der Waals surface area contributed by atoms with E-state index in [4.69, 9.17) is 0 Å². The summed E-state index contributed by atoms with van der Waals surface area (Å²) in [6.45, 7) is 1.41. The molecule has 1 N–H and O–H groups in total. The molecule has 0 unspecified atom stereocenters. The van der Waals surface area contributed by atoms with Gasteiger partial charge in [0, 0.05) is 30.2 Å². The zero-order valence-corrected chi connectivity index (χ0v) is 16.5. The first-order valence-electron chi connectivity index (χ1n) is 8.88. The van der Waals surface area contributed by atoms with Crippen LogP contribution in [0.2, 0.25) is 0 Å². The van der Waals surface area contributed by atoms with Crippen molar-refractivity contribution < 1.29 is 4.79 Å². The maximum atomic E-state index is 12.4. The Balaban J connectivity index is 1.63. The quantitative estimate of drug-likeness (QED) is 0.546. The number of nitrogens with zero attached hydrogens (tertiary/aromatic N) is 5. The van der Waals surface area contributed by atoms with Crippen LogP contribution in [0.3, 0.4) is 0 Å². The minimum absolute atomic E-state index is 0.0720. The number of aromatic nitrogens is 4. The molecule has 0 fully saturated rings. The summed E-state index contributed by atoms with van der Waals surface area (Å²) in [6.07, 6.45) is 1.98. The lowest BCUT2D eigenvalue weighted by Gasteiger charge is -2.11. The monoisotopic (exact) mass is 392 g/mol. The third kappa shape index (κ3) is 3.78. The topological polar surface area (TPSA) is 75.4 Å². The van der Waals surface area contributed by atoms with E-state index in [9.17, 15) is 4.79 Å². The average molecular weight is 392 g/mol. The standard InChI is InChI=1S/C20H20N6OS/c1-25(2)9-8-21-20(27)15-5-3-4-14(10-15)16-6-7-18-23-24-19(26(18)11-16)17-12-28-13-22-17/h3-7,10-13H,8-9H2,1-2H3,(H,21,27). The first-order chi connectivity index (χ1) is 13.6. The minimum atomic E-state index is -0.0720. The number of fused-ring (bicyclic) bond motifs is 1. The normalized spacial score (nSPS) is 11.2. The fraction of sp³-hybridized carbons (Fsp3) is 0.200. The first-order valence-corrected chi connectivity index (χ1v) is 9.83. The van der Waals surface area contributed by atoms with E-state index in [1.807, 2.05) is 71.4 Å². The van der Waals surface area contributed by atoms with Crippen molar-refractivity contribution in [2.45, 2.75) is 0 Å². The van der Waals surface area contributed by atoms with Crippen molar-refractivity contribution in [2.24, 2.45) is 0 Å². The van der Waals surface area contributed by atoms with Crippen molar-refractivity contribution in [3.05, 3.63) is 59.0 Å². The lowest BCUT2D eigenvalue weighted by atomic mass is 10.0. The SMILES string of the molecule is CN(C)CCNC(=O)c1cccc(-c2ccc3nnc(-c4cscn4)n3c2)c1. The van der Waals surface area contributed by atoms with E-state index in [0.29, 0.717) is 17.9 Å². The van der Waals surface area contributed by atoms with Crippen LogP contribution >= 0.6 is 11.3 Å². The maximum Gasteiger partial charge on any atom is 0.251 e. The van der Waals surface area contributed by atoms with Crippen LogP contribution in [0.4, 0.5) is 0 Å². The second kappa shape index (κ2) is 7.87. The number of rotatable bonds is 6. The predicted molar refractivity (Wildman–Crippen MR) is 110 cm³/mol. The molecule has 0 aliphatic carbocycles. The Morgan fingerprint density at radius 1 is 1.18 bits per heavy atom. The highest BCUT2D eigenvalue weighted by Gasteiger charge is 2.12. The summed E-state index contributed by atoms with van der Waals surface area (Å²) in [5.41, 5.74) is 5.90. The molecular formula is C20H20N6OS. The molecule has 3 aromatic heterocycles. The van der Waals surface area contributed by atoms with Gasteiger partial charge in [0.2, 0.25) is 0 Å². The summed E-state index contributed by atoms with van der Waals surface area (Å²) in [4.78, 5) is 18.8. The molecule has 0 saturated carbocycles. The Morgan fingerprint density at radius 2 is 2.07 bits per heavy atom. The molecule has 1 amide bonds. The summed E-state index contributed by atoms with van der Waals surface area (Å²) in [7, 11) is 3.96. The summed E-state index contributed by atoms with van der Waals surface area (Å²) in [5.74, 6) is 0.632. The molecular weight excluding hydrogens is 372 g/mol. The van der Waals surface area contributed by atoms with Gasteiger partial charge in [-0.25, -0.2) is 4.98 Å². The van der Waals surface area contributed by atoms with Gasteiger partial charge in [0.15, 0.2) is 11.5 Å². The number of pyridine rings is 1. The molecule has 4 rings (SSSR count). The number of hydrogen-bond acceptors (Lipinski definition) is 6. The summed E-state index contributed by atoms with van der Waals surface area (Å²) >= 11 is 1.52. The number of hydrogen-bond donors (Lipinski definition) is 1. The number of thiazole rings is 1. The molecule has 0 radical (unpaired) electrons. The van der Waals surface area contributed by atoms with E-state index < -0.39 is 0 Å². The van der Waals surface area contributed by atoms with Crippen LogP contribution in [0.25, 0.3) is 28.3 Å². The number of amides is 1. The smallest absolute Gasteiger partial charge is 0.251 e. The van der Waals surface area contributed by atoms with Crippen molar-refractivity contribution in [2.75, 3.05) is 27.2 Å². The zero-order chi connectivity index (χ0) is 19.5. The van der Waals surface area contributed by atoms with Gasteiger partial charge >= 0.3 is 0 Å². The molecule has 0 atom stereocenters. The lowest BCUT2D eigenvalue weighted by Crippen LogP contribution is -2.31. The van der Waals surface area contributed by atoms with Gasteiger partial charge in [-0.1, -0.05) is 12.1 Å². The maximum absolute atomic E-state index is 12.4. The van der Waals surface area contributed by atoms with E-state index in [1.165, 1.54) is 11.3 Å². The molecule has 0 bridgehead atoms. The van der Waals surface area contributed by atoms with E-state index >= 15 is 0 Å². The summed E-state index contributed by atoms with van der Waals surface area (Å²) in [6, 6.07) is 11.5. The van der Waals surface area contributed by atoms with Gasteiger partial charge in [0.05, 0.1) is 5.51 Å². The second-order valence-corrected chi connectivity index (χ2v) is 7.40. The Morgan fingerprint density at radius 3 is 2.86 bits per heavy atom. The van der Waals surface area contributed by atoms with Crippen LogP contribution in [-0.4, -0.2) is 57.6 Å². The highest BCUT2D eigenvalue weighted by atomic mass is 32.1. The van der Waals surface area contributed by atoms with E-state index in [1.54, 1.807) is 5.51 Å².